The number of aromatic nitrogens is 1. The van der Waals surface area contributed by atoms with Crippen LogP contribution in [0.4, 0.5) is 0 Å². The van der Waals surface area contributed by atoms with Crippen LogP contribution in [0.2, 0.25) is 0 Å². The minimum atomic E-state index is -0.574. The van der Waals surface area contributed by atoms with Gasteiger partial charge in [0.1, 0.15) is 22.9 Å². The lowest BCUT2D eigenvalue weighted by Gasteiger charge is -2.18. The average molecular weight is 414 g/mol. The maximum absolute atomic E-state index is 12.5. The number of ether oxygens (including phenoxy) is 1. The first-order chi connectivity index (χ1) is 12.5. The normalized spacial score (nSPS) is 12.0. The van der Waals surface area contributed by atoms with E-state index >= 15 is 0 Å². The van der Waals surface area contributed by atoms with Gasteiger partial charge in [0.05, 0.1) is 11.7 Å². The van der Waals surface area contributed by atoms with E-state index in [1.165, 1.54) is 13.0 Å². The van der Waals surface area contributed by atoms with Gasteiger partial charge in [0, 0.05) is 6.92 Å². The van der Waals surface area contributed by atoms with Gasteiger partial charge in [0.15, 0.2) is 0 Å². The Morgan fingerprint density at radius 2 is 2.00 bits per heavy atom. The van der Waals surface area contributed by atoms with Crippen LogP contribution in [0.5, 0.6) is 0 Å². The Morgan fingerprint density at radius 1 is 1.27 bits per heavy atom. The number of nitrogens with zero attached hydrogens (tertiary/aromatic N) is 2. The first kappa shape index (κ1) is 19.3. The maximum Gasteiger partial charge on any atom is 0.302 e. The van der Waals surface area contributed by atoms with Gasteiger partial charge < -0.3 is 10.1 Å². The molecule has 0 aliphatic rings. The predicted molar refractivity (Wildman–Crippen MR) is 99.5 cm³/mol. The van der Waals surface area contributed by atoms with Crippen LogP contribution in [0, 0.1) is 11.3 Å². The van der Waals surface area contributed by atoms with Crippen LogP contribution in [0.25, 0.3) is 6.08 Å². The summed E-state index contributed by atoms with van der Waals surface area (Å²) >= 11 is 3.24. The molecule has 26 heavy (non-hydrogen) atoms. The molecule has 1 heterocycles. The lowest BCUT2D eigenvalue weighted by atomic mass is 10.1. The summed E-state index contributed by atoms with van der Waals surface area (Å²) in [6, 6.07) is 15.6. The SMILES string of the molecule is CC(=O)OC[C@H](NC(=O)C(C#N)=Cc1cccc(Br)n1)c1ccccc1. The highest BCUT2D eigenvalue weighted by molar-refractivity contribution is 9.10. The van der Waals surface area contributed by atoms with E-state index in [-0.39, 0.29) is 12.2 Å². The largest absolute Gasteiger partial charge is 0.463 e. The summed E-state index contributed by atoms with van der Waals surface area (Å²) in [4.78, 5) is 27.8. The van der Waals surface area contributed by atoms with Crippen molar-refractivity contribution in [1.29, 1.82) is 5.26 Å². The Balaban J connectivity index is 2.21. The lowest BCUT2D eigenvalue weighted by molar-refractivity contribution is -0.142. The number of halogens is 1. The highest BCUT2D eigenvalue weighted by Crippen LogP contribution is 2.15. The molecule has 0 fully saturated rings. The second-order valence-corrected chi connectivity index (χ2v) is 6.11. The average Bonchev–Trinajstić information content (AvgIpc) is 2.63. The van der Waals surface area contributed by atoms with E-state index in [4.69, 9.17) is 4.74 Å². The second kappa shape index (κ2) is 9.49. The van der Waals surface area contributed by atoms with Gasteiger partial charge in [-0.05, 0) is 39.7 Å². The number of hydrogen-bond acceptors (Lipinski definition) is 5. The number of nitriles is 1. The van der Waals surface area contributed by atoms with Crippen molar-refractivity contribution in [1.82, 2.24) is 10.3 Å². The third-order valence-corrected chi connectivity index (χ3v) is 3.80. The Kier molecular flexibility index (Phi) is 7.06. The number of nitrogens with one attached hydrogen (secondary N) is 1. The van der Waals surface area contributed by atoms with Crippen molar-refractivity contribution in [3.8, 4) is 6.07 Å². The smallest absolute Gasteiger partial charge is 0.302 e. The summed E-state index contributed by atoms with van der Waals surface area (Å²) in [5, 5.41) is 12.1. The van der Waals surface area contributed by atoms with Crippen LogP contribution in [0.3, 0.4) is 0 Å². The monoisotopic (exact) mass is 413 g/mol. The molecule has 0 saturated carbocycles. The summed E-state index contributed by atoms with van der Waals surface area (Å²) in [5.74, 6) is -1.02. The molecule has 132 valence electrons. The fourth-order valence-electron chi connectivity index (χ4n) is 2.14. The Labute approximate surface area is 159 Å². The molecule has 0 unspecified atom stereocenters. The molecule has 6 nitrogen and oxygen atoms in total. The van der Waals surface area contributed by atoms with Gasteiger partial charge in [-0.25, -0.2) is 4.98 Å². The van der Waals surface area contributed by atoms with Crippen LogP contribution in [0.1, 0.15) is 24.2 Å². The van der Waals surface area contributed by atoms with Crippen LogP contribution in [0.15, 0.2) is 58.7 Å². The first-order valence-electron chi connectivity index (χ1n) is 7.73. The van der Waals surface area contributed by atoms with Gasteiger partial charge in [-0.3, -0.25) is 9.59 Å². The quantitative estimate of drug-likeness (QED) is 0.339. The number of carbonyl (C=O) groups is 2. The minimum absolute atomic E-state index is 0.0288. The van der Waals surface area contributed by atoms with Gasteiger partial charge in [0.25, 0.3) is 5.91 Å². The molecule has 1 amide bonds. The lowest BCUT2D eigenvalue weighted by Crippen LogP contribution is -2.32. The zero-order valence-electron chi connectivity index (χ0n) is 14.0. The molecular weight excluding hydrogens is 398 g/mol. The third kappa shape index (κ3) is 5.83. The summed E-state index contributed by atoms with van der Waals surface area (Å²) in [6.07, 6.45) is 1.40. The Bertz CT molecular complexity index is 860. The molecule has 0 aliphatic carbocycles. The van der Waals surface area contributed by atoms with E-state index in [1.807, 2.05) is 24.3 Å². The molecule has 0 bridgehead atoms. The third-order valence-electron chi connectivity index (χ3n) is 3.35. The van der Waals surface area contributed by atoms with Crippen molar-refractivity contribution in [2.45, 2.75) is 13.0 Å². The molecule has 1 aromatic heterocycles. The second-order valence-electron chi connectivity index (χ2n) is 5.29. The number of hydrogen-bond donors (Lipinski definition) is 1. The standard InChI is InChI=1S/C19H16BrN3O3/c1-13(24)26-12-17(14-6-3-2-4-7-14)23-19(25)15(11-21)10-16-8-5-9-18(20)22-16/h2-10,17H,12H2,1H3,(H,23,25)/t17-/m0/s1. The zero-order valence-corrected chi connectivity index (χ0v) is 15.6. The minimum Gasteiger partial charge on any atom is -0.463 e. The van der Waals surface area contributed by atoms with Gasteiger partial charge in [0.2, 0.25) is 0 Å². The van der Waals surface area contributed by atoms with E-state index in [2.05, 4.69) is 26.2 Å². The fourth-order valence-corrected chi connectivity index (χ4v) is 2.50. The van der Waals surface area contributed by atoms with Crippen LogP contribution < -0.4 is 5.32 Å². The van der Waals surface area contributed by atoms with Gasteiger partial charge in [-0.1, -0.05) is 36.4 Å². The molecular formula is C19H16BrN3O3. The maximum atomic E-state index is 12.5. The van der Waals surface area contributed by atoms with Crippen molar-refractivity contribution < 1.29 is 14.3 Å². The highest BCUT2D eigenvalue weighted by Gasteiger charge is 2.19. The summed E-state index contributed by atoms with van der Waals surface area (Å²) < 4.78 is 5.63. The molecule has 0 aliphatic heterocycles. The first-order valence-corrected chi connectivity index (χ1v) is 8.52. The Hall–Kier alpha value is -2.98. The molecule has 0 saturated heterocycles. The number of rotatable bonds is 6. The molecule has 1 atom stereocenters. The molecule has 2 aromatic rings. The predicted octanol–water partition coefficient (Wildman–Crippen LogP) is 3.17. The van der Waals surface area contributed by atoms with Gasteiger partial charge in [-0.2, -0.15) is 5.26 Å². The van der Waals surface area contributed by atoms with Crippen molar-refractivity contribution in [2.75, 3.05) is 6.61 Å². The molecule has 1 N–H and O–H groups in total. The van der Waals surface area contributed by atoms with E-state index in [9.17, 15) is 14.9 Å². The number of carbonyl (C=O) groups excluding carboxylic acids is 2. The van der Waals surface area contributed by atoms with E-state index in [1.54, 1.807) is 30.3 Å². The van der Waals surface area contributed by atoms with Gasteiger partial charge >= 0.3 is 5.97 Å². The van der Waals surface area contributed by atoms with Crippen LogP contribution in [-0.4, -0.2) is 23.5 Å². The van der Waals surface area contributed by atoms with E-state index < -0.39 is 17.9 Å². The summed E-state index contributed by atoms with van der Waals surface area (Å²) in [6.45, 7) is 1.27. The number of esters is 1. The van der Waals surface area contributed by atoms with E-state index in [0.29, 0.717) is 10.3 Å². The molecule has 7 heteroatoms. The fraction of sp³-hybridized carbons (Fsp3) is 0.158. The van der Waals surface area contributed by atoms with Gasteiger partial charge in [-0.15, -0.1) is 0 Å². The van der Waals surface area contributed by atoms with Crippen molar-refractivity contribution in [2.24, 2.45) is 0 Å². The van der Waals surface area contributed by atoms with Crippen molar-refractivity contribution in [3.05, 3.63) is 70.0 Å². The van der Waals surface area contributed by atoms with Crippen molar-refractivity contribution >= 4 is 33.9 Å². The number of amides is 1. The highest BCUT2D eigenvalue weighted by atomic mass is 79.9. The molecule has 2 rings (SSSR count). The summed E-state index contributed by atoms with van der Waals surface area (Å²) in [7, 11) is 0. The molecule has 1 aromatic carbocycles. The molecule has 0 radical (unpaired) electrons. The number of benzene rings is 1. The zero-order chi connectivity index (χ0) is 18.9. The Morgan fingerprint density at radius 3 is 2.62 bits per heavy atom. The number of pyridine rings is 1. The molecule has 0 spiro atoms. The van der Waals surface area contributed by atoms with E-state index in [0.717, 1.165) is 5.56 Å². The topological polar surface area (TPSA) is 92.1 Å². The van der Waals surface area contributed by atoms with Crippen molar-refractivity contribution in [3.63, 3.8) is 0 Å². The van der Waals surface area contributed by atoms with Crippen LogP contribution >= 0.6 is 15.9 Å². The summed E-state index contributed by atoms with van der Waals surface area (Å²) in [5.41, 5.74) is 1.14. The van der Waals surface area contributed by atoms with Crippen LogP contribution in [-0.2, 0) is 14.3 Å².